The van der Waals surface area contributed by atoms with E-state index < -0.39 is 17.9 Å². The molecule has 0 aliphatic carbocycles. The zero-order chi connectivity index (χ0) is 19.1. The third kappa shape index (κ3) is 5.16. The Bertz CT molecular complexity index is 779. The van der Waals surface area contributed by atoms with E-state index in [9.17, 15) is 9.59 Å². The number of carbonyl (C=O) groups is 2. The van der Waals surface area contributed by atoms with Gasteiger partial charge in [0.15, 0.2) is 0 Å². The molecule has 8 nitrogen and oxygen atoms in total. The summed E-state index contributed by atoms with van der Waals surface area (Å²) in [5.41, 5.74) is 7.08. The summed E-state index contributed by atoms with van der Waals surface area (Å²) >= 11 is 6.11. The fourth-order valence-electron chi connectivity index (χ4n) is 2.20. The van der Waals surface area contributed by atoms with Crippen molar-refractivity contribution in [1.29, 1.82) is 0 Å². The van der Waals surface area contributed by atoms with Crippen LogP contribution in [0.15, 0.2) is 43.4 Å². The smallest absolute Gasteiger partial charge is 0.260 e. The first-order valence-corrected chi connectivity index (χ1v) is 8.16. The monoisotopic (exact) mass is 377 g/mol. The predicted octanol–water partition coefficient (Wildman–Crippen LogP) is 0.969. The number of imide groups is 1. The second kappa shape index (κ2) is 9.14. The largest absolute Gasteiger partial charge is 0.488 e. The summed E-state index contributed by atoms with van der Waals surface area (Å²) in [7, 11) is 0. The van der Waals surface area contributed by atoms with Crippen molar-refractivity contribution in [2.45, 2.75) is 18.9 Å². The minimum atomic E-state index is -0.956. The molecule has 0 aliphatic heterocycles. The van der Waals surface area contributed by atoms with Gasteiger partial charge in [-0.05, 0) is 17.7 Å². The van der Waals surface area contributed by atoms with Crippen LogP contribution in [0.25, 0.3) is 0 Å². The number of imidazole rings is 1. The normalized spacial score (nSPS) is 11.7. The summed E-state index contributed by atoms with van der Waals surface area (Å²) in [5, 5.41) is 0.889. The Kier molecular flexibility index (Phi) is 6.90. The molecular formula is C17H20ClN5O3. The van der Waals surface area contributed by atoms with Crippen molar-refractivity contribution < 1.29 is 14.3 Å². The van der Waals surface area contributed by atoms with E-state index in [1.807, 2.05) is 0 Å². The number of hydrazine groups is 1. The fraction of sp³-hybridized carbons (Fsp3) is 0.235. The topological polar surface area (TPSA) is 127 Å². The molecule has 0 radical (unpaired) electrons. The summed E-state index contributed by atoms with van der Waals surface area (Å²) in [6.45, 7) is 3.87. The van der Waals surface area contributed by atoms with Gasteiger partial charge in [0.1, 0.15) is 12.4 Å². The van der Waals surface area contributed by atoms with Crippen molar-refractivity contribution in [3.63, 3.8) is 0 Å². The van der Waals surface area contributed by atoms with E-state index in [4.69, 9.17) is 27.9 Å². The van der Waals surface area contributed by atoms with Crippen LogP contribution in [0, 0.1) is 0 Å². The highest BCUT2D eigenvalue weighted by Gasteiger charge is 2.24. The first kappa shape index (κ1) is 19.6. The molecule has 0 unspecified atom stereocenters. The van der Waals surface area contributed by atoms with Crippen LogP contribution in [0.4, 0.5) is 0 Å². The molecule has 0 aliphatic rings. The number of hydrogen-bond acceptors (Lipinski definition) is 6. The van der Waals surface area contributed by atoms with Crippen LogP contribution in [0.3, 0.4) is 0 Å². The van der Waals surface area contributed by atoms with Crippen LogP contribution in [0.5, 0.6) is 5.75 Å². The van der Waals surface area contributed by atoms with Gasteiger partial charge in [-0.1, -0.05) is 30.3 Å². The Morgan fingerprint density at radius 1 is 1.46 bits per heavy atom. The van der Waals surface area contributed by atoms with Gasteiger partial charge in [0.05, 0.1) is 23.8 Å². The lowest BCUT2D eigenvalue weighted by Gasteiger charge is -2.19. The van der Waals surface area contributed by atoms with Crippen LogP contribution in [0.1, 0.15) is 11.3 Å². The summed E-state index contributed by atoms with van der Waals surface area (Å²) in [6, 6.07) is 3.94. The summed E-state index contributed by atoms with van der Waals surface area (Å²) in [4.78, 5) is 31.1. The maximum Gasteiger partial charge on any atom is 0.260 e. The number of aromatic amines is 1. The number of amides is 2. The minimum Gasteiger partial charge on any atom is -0.488 e. The van der Waals surface area contributed by atoms with E-state index in [2.05, 4.69) is 16.5 Å². The number of nitrogens with one attached hydrogen (secondary N) is 1. The Hall–Kier alpha value is -2.68. The second-order valence-electron chi connectivity index (χ2n) is 5.53. The molecule has 5 N–H and O–H groups in total. The zero-order valence-corrected chi connectivity index (χ0v) is 14.8. The summed E-state index contributed by atoms with van der Waals surface area (Å²) < 4.78 is 5.36. The van der Waals surface area contributed by atoms with E-state index in [0.717, 1.165) is 0 Å². The van der Waals surface area contributed by atoms with Gasteiger partial charge < -0.3 is 15.5 Å². The van der Waals surface area contributed by atoms with E-state index in [1.54, 1.807) is 30.5 Å². The molecule has 1 atom stereocenters. The first-order chi connectivity index (χ1) is 12.4. The first-order valence-electron chi connectivity index (χ1n) is 7.78. The Labute approximate surface area is 155 Å². The summed E-state index contributed by atoms with van der Waals surface area (Å²) in [5.74, 6) is 4.84. The number of carbonyl (C=O) groups excluding carboxylic acids is 2. The maximum absolute atomic E-state index is 12.2. The van der Waals surface area contributed by atoms with Crippen molar-refractivity contribution in [2.75, 3.05) is 6.61 Å². The van der Waals surface area contributed by atoms with Crippen LogP contribution in [-0.2, 0) is 22.4 Å². The van der Waals surface area contributed by atoms with Gasteiger partial charge in [-0.15, -0.1) is 0 Å². The molecule has 1 aromatic carbocycles. The lowest BCUT2D eigenvalue weighted by molar-refractivity contribution is -0.145. The SMILES string of the molecule is C=CCOc1ccc(CC(=O)N(N)C(=O)[C@@H](N)Cc2cnc[nH]2)cc1Cl. The van der Waals surface area contributed by atoms with E-state index in [-0.39, 0.29) is 12.8 Å². The number of nitrogens with two attached hydrogens (primary N) is 2. The van der Waals surface area contributed by atoms with Gasteiger partial charge >= 0.3 is 0 Å². The number of hydrogen-bond donors (Lipinski definition) is 3. The molecule has 1 heterocycles. The van der Waals surface area contributed by atoms with Crippen molar-refractivity contribution in [1.82, 2.24) is 15.0 Å². The number of aromatic nitrogens is 2. The van der Waals surface area contributed by atoms with Crippen molar-refractivity contribution in [3.8, 4) is 5.75 Å². The molecule has 0 bridgehead atoms. The molecule has 9 heteroatoms. The third-order valence-electron chi connectivity index (χ3n) is 3.53. The van der Waals surface area contributed by atoms with Gasteiger partial charge in [0, 0.05) is 18.3 Å². The highest BCUT2D eigenvalue weighted by Crippen LogP contribution is 2.25. The van der Waals surface area contributed by atoms with Crippen LogP contribution in [0.2, 0.25) is 5.02 Å². The average Bonchev–Trinajstić information content (AvgIpc) is 3.12. The van der Waals surface area contributed by atoms with Crippen molar-refractivity contribution in [3.05, 3.63) is 59.7 Å². The quantitative estimate of drug-likeness (QED) is 0.272. The Morgan fingerprint density at radius 2 is 2.23 bits per heavy atom. The van der Waals surface area contributed by atoms with Crippen LogP contribution in [-0.4, -0.2) is 39.4 Å². The minimum absolute atomic E-state index is 0.0968. The number of nitrogens with zero attached hydrogens (tertiary/aromatic N) is 2. The van der Waals surface area contributed by atoms with Gasteiger partial charge in [-0.25, -0.2) is 15.8 Å². The lowest BCUT2D eigenvalue weighted by Crippen LogP contribution is -2.51. The third-order valence-corrected chi connectivity index (χ3v) is 3.82. The molecule has 0 fully saturated rings. The lowest BCUT2D eigenvalue weighted by atomic mass is 10.1. The number of ether oxygens (including phenoxy) is 1. The molecule has 2 rings (SSSR count). The van der Waals surface area contributed by atoms with Crippen molar-refractivity contribution >= 4 is 23.4 Å². The second-order valence-corrected chi connectivity index (χ2v) is 5.94. The Morgan fingerprint density at radius 3 is 2.85 bits per heavy atom. The average molecular weight is 378 g/mol. The van der Waals surface area contributed by atoms with E-state index >= 15 is 0 Å². The van der Waals surface area contributed by atoms with Gasteiger partial charge in [-0.2, -0.15) is 0 Å². The summed E-state index contributed by atoms with van der Waals surface area (Å²) in [6.07, 6.45) is 4.72. The predicted molar refractivity (Wildman–Crippen MR) is 97.2 cm³/mol. The molecule has 0 spiro atoms. The zero-order valence-electron chi connectivity index (χ0n) is 14.0. The highest BCUT2D eigenvalue weighted by atomic mass is 35.5. The van der Waals surface area contributed by atoms with Gasteiger partial charge in [-0.3, -0.25) is 9.59 Å². The van der Waals surface area contributed by atoms with Crippen molar-refractivity contribution in [2.24, 2.45) is 11.6 Å². The molecule has 1 aromatic heterocycles. The van der Waals surface area contributed by atoms with Gasteiger partial charge in [0.25, 0.3) is 5.91 Å². The standard InChI is InChI=1S/C17H20ClN5O3/c1-2-5-26-15-4-3-11(6-13(15)18)7-16(24)23(20)17(25)14(19)8-12-9-21-10-22-12/h2-4,6,9-10,14H,1,5,7-8,19-20H2,(H,21,22)/t14-/m0/s1. The number of halogens is 1. The van der Waals surface area contributed by atoms with Crippen LogP contribution < -0.4 is 16.3 Å². The highest BCUT2D eigenvalue weighted by molar-refractivity contribution is 6.32. The Balaban J connectivity index is 1.96. The number of H-pyrrole nitrogens is 1. The fourth-order valence-corrected chi connectivity index (χ4v) is 2.46. The molecule has 0 saturated carbocycles. The molecule has 0 saturated heterocycles. The van der Waals surface area contributed by atoms with E-state index in [0.29, 0.717) is 33.6 Å². The van der Waals surface area contributed by atoms with E-state index in [1.165, 1.54) is 6.33 Å². The maximum atomic E-state index is 12.2. The van der Waals surface area contributed by atoms with Gasteiger partial charge in [0.2, 0.25) is 5.91 Å². The molecule has 26 heavy (non-hydrogen) atoms. The van der Waals surface area contributed by atoms with Crippen LogP contribution >= 0.6 is 11.6 Å². The number of rotatable bonds is 8. The molecule has 2 amide bonds. The number of benzene rings is 1. The molecule has 138 valence electrons. The molecular weight excluding hydrogens is 358 g/mol. The molecule has 2 aromatic rings.